The van der Waals surface area contributed by atoms with E-state index in [1.54, 1.807) is 0 Å². The summed E-state index contributed by atoms with van der Waals surface area (Å²) in [5.74, 6) is 0.139. The second kappa shape index (κ2) is 7.29. The average molecular weight is 347 g/mol. The Morgan fingerprint density at radius 3 is 2.74 bits per heavy atom. The molecule has 1 aromatic rings. The van der Waals surface area contributed by atoms with Crippen LogP contribution in [-0.4, -0.2) is 34.2 Å². The van der Waals surface area contributed by atoms with Crippen LogP contribution in [-0.2, 0) is 6.18 Å². The van der Waals surface area contributed by atoms with Crippen LogP contribution in [0.3, 0.4) is 0 Å². The molecule has 0 amide bonds. The third-order valence-electron chi connectivity index (χ3n) is 3.66. The number of alkyl halides is 3. The summed E-state index contributed by atoms with van der Waals surface area (Å²) >= 11 is 5.00. The maximum Gasteiger partial charge on any atom is 0.433 e. The van der Waals surface area contributed by atoms with Crippen molar-refractivity contribution in [1.29, 1.82) is 0 Å². The largest absolute Gasteiger partial charge is 0.433 e. The summed E-state index contributed by atoms with van der Waals surface area (Å²) in [5.41, 5.74) is -0.970. The third kappa shape index (κ3) is 4.66. The minimum absolute atomic E-state index is 0.140. The molecule has 0 bridgehead atoms. The lowest BCUT2D eigenvalue weighted by Crippen LogP contribution is -2.38. The van der Waals surface area contributed by atoms with Gasteiger partial charge >= 0.3 is 6.18 Å². The summed E-state index contributed by atoms with van der Waals surface area (Å²) in [6, 6.07) is 1.15. The average Bonchev–Trinajstić information content (AvgIpc) is 2.46. The van der Waals surface area contributed by atoms with E-state index in [0.717, 1.165) is 25.3 Å². The van der Waals surface area contributed by atoms with Crippen molar-refractivity contribution in [2.45, 2.75) is 45.3 Å². The minimum Gasteiger partial charge on any atom is -0.363 e. The van der Waals surface area contributed by atoms with Crippen molar-refractivity contribution >= 4 is 29.1 Å². The van der Waals surface area contributed by atoms with Gasteiger partial charge < -0.3 is 15.5 Å². The molecule has 2 N–H and O–H groups in total. The fourth-order valence-corrected chi connectivity index (χ4v) is 2.76. The van der Waals surface area contributed by atoms with Gasteiger partial charge in [-0.15, -0.1) is 0 Å². The number of thiocarbonyl (C=S) groups is 1. The van der Waals surface area contributed by atoms with Crippen LogP contribution in [0.5, 0.6) is 0 Å². The van der Waals surface area contributed by atoms with Crippen LogP contribution >= 0.6 is 12.2 Å². The lowest BCUT2D eigenvalue weighted by Gasteiger charge is -2.34. The first-order valence-electron chi connectivity index (χ1n) is 7.59. The number of anilines is 2. The Labute approximate surface area is 138 Å². The first-order valence-corrected chi connectivity index (χ1v) is 8.00. The molecule has 5 nitrogen and oxygen atoms in total. The highest BCUT2D eigenvalue weighted by Crippen LogP contribution is 2.32. The van der Waals surface area contributed by atoms with Crippen LogP contribution in [0.4, 0.5) is 24.9 Å². The van der Waals surface area contributed by atoms with Gasteiger partial charge in [0.2, 0.25) is 5.95 Å². The molecule has 2 heterocycles. The van der Waals surface area contributed by atoms with Crippen molar-refractivity contribution in [3.8, 4) is 0 Å². The topological polar surface area (TPSA) is 53.1 Å². The number of hydrogen-bond donors (Lipinski definition) is 2. The Kier molecular flexibility index (Phi) is 5.61. The number of piperidine rings is 1. The van der Waals surface area contributed by atoms with E-state index in [1.165, 1.54) is 0 Å². The van der Waals surface area contributed by atoms with Crippen LogP contribution in [0.2, 0.25) is 0 Å². The molecule has 0 radical (unpaired) electrons. The van der Waals surface area contributed by atoms with E-state index in [2.05, 4.69) is 20.6 Å². The molecule has 0 aliphatic carbocycles. The van der Waals surface area contributed by atoms with Crippen LogP contribution in [0.25, 0.3) is 0 Å². The Morgan fingerprint density at radius 1 is 1.39 bits per heavy atom. The molecule has 0 saturated carbocycles. The Morgan fingerprint density at radius 2 is 2.13 bits per heavy atom. The second-order valence-corrected chi connectivity index (χ2v) is 5.86. The van der Waals surface area contributed by atoms with Crippen LogP contribution < -0.4 is 15.5 Å². The molecule has 1 atom stereocenters. The van der Waals surface area contributed by atoms with Crippen molar-refractivity contribution in [1.82, 2.24) is 15.3 Å². The lowest BCUT2D eigenvalue weighted by molar-refractivity contribution is -0.141. The van der Waals surface area contributed by atoms with Gasteiger partial charge in [-0.3, -0.25) is 0 Å². The summed E-state index contributed by atoms with van der Waals surface area (Å²) in [5, 5.41) is 5.63. The van der Waals surface area contributed by atoms with Gasteiger partial charge in [-0.1, -0.05) is 0 Å². The molecular formula is C14H20F3N5S. The first kappa shape index (κ1) is 17.7. The lowest BCUT2D eigenvalue weighted by atomic mass is 10.0. The maximum absolute atomic E-state index is 13.1. The molecule has 1 unspecified atom stereocenters. The normalized spacial score (nSPS) is 18.7. The van der Waals surface area contributed by atoms with E-state index in [-0.39, 0.29) is 22.9 Å². The number of rotatable bonds is 3. The quantitative estimate of drug-likeness (QED) is 0.819. The van der Waals surface area contributed by atoms with Gasteiger partial charge in [0.25, 0.3) is 0 Å². The Balaban J connectivity index is 2.35. The summed E-state index contributed by atoms with van der Waals surface area (Å²) in [4.78, 5) is 9.66. The van der Waals surface area contributed by atoms with Crippen molar-refractivity contribution in [2.24, 2.45) is 0 Å². The standard InChI is InChI=1S/C14H20F3N5S/c1-3-18-13(23)21-12-19-10(14(15,16)17)8-11(20-12)22-7-5-4-6-9(22)2/h8-9H,3-7H2,1-2H3,(H2,18,19,20,21,23). The van der Waals surface area contributed by atoms with Gasteiger partial charge in [0.15, 0.2) is 10.8 Å². The van der Waals surface area contributed by atoms with Gasteiger partial charge in [0.1, 0.15) is 5.82 Å². The number of halogens is 3. The number of nitrogens with one attached hydrogen (secondary N) is 2. The zero-order valence-corrected chi connectivity index (χ0v) is 13.9. The third-order valence-corrected chi connectivity index (χ3v) is 3.91. The van der Waals surface area contributed by atoms with Gasteiger partial charge in [0, 0.05) is 25.2 Å². The Hall–Kier alpha value is -1.64. The van der Waals surface area contributed by atoms with E-state index < -0.39 is 11.9 Å². The molecule has 1 fully saturated rings. The summed E-state index contributed by atoms with van der Waals surface area (Å²) in [7, 11) is 0. The van der Waals surface area contributed by atoms with E-state index in [9.17, 15) is 13.2 Å². The van der Waals surface area contributed by atoms with Crippen molar-refractivity contribution < 1.29 is 13.2 Å². The van der Waals surface area contributed by atoms with Crippen LogP contribution in [0.15, 0.2) is 6.07 Å². The summed E-state index contributed by atoms with van der Waals surface area (Å²) in [6.07, 6.45) is -1.59. The predicted molar refractivity (Wildman–Crippen MR) is 87.6 cm³/mol. The van der Waals surface area contributed by atoms with Gasteiger partial charge in [-0.25, -0.2) is 4.98 Å². The summed E-state index contributed by atoms with van der Waals surface area (Å²) in [6.45, 7) is 5.07. The number of aromatic nitrogens is 2. The number of nitrogens with zero attached hydrogens (tertiary/aromatic N) is 3. The first-order chi connectivity index (χ1) is 10.8. The highest BCUT2D eigenvalue weighted by atomic mass is 32.1. The van der Waals surface area contributed by atoms with E-state index >= 15 is 0 Å². The molecule has 0 aromatic carbocycles. The number of hydrogen-bond acceptors (Lipinski definition) is 4. The molecule has 1 aromatic heterocycles. The molecule has 128 valence electrons. The molecule has 9 heteroatoms. The second-order valence-electron chi connectivity index (χ2n) is 5.46. The predicted octanol–water partition coefficient (Wildman–Crippen LogP) is 3.18. The fraction of sp³-hybridized carbons (Fsp3) is 0.643. The Bertz CT molecular complexity index is 564. The molecule has 1 aliphatic rings. The highest BCUT2D eigenvalue weighted by Gasteiger charge is 2.35. The zero-order valence-electron chi connectivity index (χ0n) is 13.1. The highest BCUT2D eigenvalue weighted by molar-refractivity contribution is 7.80. The van der Waals surface area contributed by atoms with E-state index in [0.29, 0.717) is 13.1 Å². The molecule has 1 saturated heterocycles. The van der Waals surface area contributed by atoms with E-state index in [1.807, 2.05) is 18.7 Å². The molecule has 0 spiro atoms. The molecule has 1 aliphatic heterocycles. The van der Waals surface area contributed by atoms with E-state index in [4.69, 9.17) is 12.2 Å². The van der Waals surface area contributed by atoms with Crippen LogP contribution in [0, 0.1) is 0 Å². The smallest absolute Gasteiger partial charge is 0.363 e. The maximum atomic E-state index is 13.1. The minimum atomic E-state index is -4.53. The monoisotopic (exact) mass is 347 g/mol. The van der Waals surface area contributed by atoms with Gasteiger partial charge in [0.05, 0.1) is 0 Å². The van der Waals surface area contributed by atoms with Gasteiger partial charge in [-0.2, -0.15) is 18.2 Å². The van der Waals surface area contributed by atoms with Crippen molar-refractivity contribution in [3.05, 3.63) is 11.8 Å². The molecule has 23 heavy (non-hydrogen) atoms. The molecule has 2 rings (SSSR count). The fourth-order valence-electron chi connectivity index (χ4n) is 2.53. The van der Waals surface area contributed by atoms with Gasteiger partial charge in [-0.05, 0) is 45.3 Å². The summed E-state index contributed by atoms with van der Waals surface area (Å²) < 4.78 is 39.3. The van der Waals surface area contributed by atoms with Crippen molar-refractivity contribution in [2.75, 3.05) is 23.3 Å². The molecular weight excluding hydrogens is 327 g/mol. The zero-order chi connectivity index (χ0) is 17.0. The van der Waals surface area contributed by atoms with Crippen molar-refractivity contribution in [3.63, 3.8) is 0 Å². The van der Waals surface area contributed by atoms with Crippen LogP contribution in [0.1, 0.15) is 38.8 Å². The SMILES string of the molecule is CCNC(=S)Nc1nc(N2CCCCC2C)cc(C(F)(F)F)n1.